The fraction of sp³-hybridized carbons (Fsp3) is 0. The number of pyridine rings is 1. The van der Waals surface area contributed by atoms with Gasteiger partial charge in [-0.25, -0.2) is 0 Å². The van der Waals surface area contributed by atoms with E-state index in [0.29, 0.717) is 0 Å². The first-order valence-corrected chi connectivity index (χ1v) is 5.61. The molecule has 9 heteroatoms. The standard InChI is InChI=1S/C12H4B4N2O3/c13-5-1-3(6(14)7(15)11(5)20)9-8(16)10(19)4(2-17)12(21)18-9/h1,20H,(H2,18,19,21). The minimum atomic E-state index is -0.844. The van der Waals surface area contributed by atoms with E-state index in [-0.39, 0.29) is 33.1 Å². The molecule has 0 atom stereocenters. The zero-order chi connectivity index (χ0) is 15.9. The Morgan fingerprint density at radius 2 is 1.67 bits per heavy atom. The van der Waals surface area contributed by atoms with E-state index in [1.54, 1.807) is 0 Å². The van der Waals surface area contributed by atoms with Crippen LogP contribution in [0.15, 0.2) is 10.9 Å². The third-order valence-electron chi connectivity index (χ3n) is 3.02. The van der Waals surface area contributed by atoms with E-state index >= 15 is 0 Å². The van der Waals surface area contributed by atoms with Crippen molar-refractivity contribution in [2.24, 2.45) is 0 Å². The molecule has 0 aliphatic carbocycles. The van der Waals surface area contributed by atoms with E-state index in [1.165, 1.54) is 12.1 Å². The molecule has 21 heavy (non-hydrogen) atoms. The second-order valence-electron chi connectivity index (χ2n) is 4.27. The number of rotatable bonds is 1. The Hall–Kier alpha value is -2.48. The van der Waals surface area contributed by atoms with E-state index in [1.807, 2.05) is 0 Å². The topological polar surface area (TPSA) is 97.1 Å². The zero-order valence-electron chi connectivity index (χ0n) is 10.6. The van der Waals surface area contributed by atoms with Crippen molar-refractivity contribution in [3.8, 4) is 28.8 Å². The fourth-order valence-corrected chi connectivity index (χ4v) is 1.86. The molecule has 0 saturated carbocycles. The summed E-state index contributed by atoms with van der Waals surface area (Å²) in [5, 5.41) is 28.2. The van der Waals surface area contributed by atoms with Crippen LogP contribution in [0.25, 0.3) is 11.3 Å². The van der Waals surface area contributed by atoms with Gasteiger partial charge in [0.05, 0.1) is 0 Å². The Morgan fingerprint density at radius 3 is 2.24 bits per heavy atom. The molecule has 2 aromatic rings. The van der Waals surface area contributed by atoms with E-state index in [2.05, 4.69) is 4.98 Å². The molecule has 0 amide bonds. The monoisotopic (exact) mass is 268 g/mol. The van der Waals surface area contributed by atoms with Crippen molar-refractivity contribution in [3.05, 3.63) is 22.0 Å². The molecular weight excluding hydrogens is 263 g/mol. The first kappa shape index (κ1) is 14.9. The van der Waals surface area contributed by atoms with E-state index in [4.69, 9.17) is 36.6 Å². The lowest BCUT2D eigenvalue weighted by atomic mass is 9.71. The van der Waals surface area contributed by atoms with Crippen LogP contribution in [0.2, 0.25) is 0 Å². The molecule has 5 nitrogen and oxygen atoms in total. The molecule has 3 N–H and O–H groups in total. The van der Waals surface area contributed by atoms with Crippen LogP contribution in [0.5, 0.6) is 11.5 Å². The predicted molar refractivity (Wildman–Crippen MR) is 82.1 cm³/mol. The molecule has 2 rings (SSSR count). The maximum absolute atomic E-state index is 11.7. The summed E-state index contributed by atoms with van der Waals surface area (Å²) in [5.74, 6) is -1.06. The number of nitriles is 1. The molecule has 0 bridgehead atoms. The molecule has 0 aliphatic rings. The smallest absolute Gasteiger partial charge is 0.270 e. The van der Waals surface area contributed by atoms with Gasteiger partial charge in [0.2, 0.25) is 0 Å². The summed E-state index contributed by atoms with van der Waals surface area (Å²) in [6.45, 7) is 0. The third-order valence-corrected chi connectivity index (χ3v) is 3.02. The normalized spacial score (nSPS) is 10.2. The molecule has 0 unspecified atom stereocenters. The van der Waals surface area contributed by atoms with Crippen LogP contribution >= 0.6 is 0 Å². The van der Waals surface area contributed by atoms with Gasteiger partial charge < -0.3 is 15.2 Å². The second kappa shape index (κ2) is 5.13. The lowest BCUT2D eigenvalue weighted by Gasteiger charge is -2.17. The molecule has 0 spiro atoms. The number of nitrogens with one attached hydrogen (secondary N) is 1. The Labute approximate surface area is 125 Å². The number of H-pyrrole nitrogens is 1. The van der Waals surface area contributed by atoms with Crippen LogP contribution in [0.4, 0.5) is 0 Å². The summed E-state index contributed by atoms with van der Waals surface area (Å²) in [6, 6.07) is 2.78. The highest BCUT2D eigenvalue weighted by Crippen LogP contribution is 2.17. The maximum atomic E-state index is 11.7. The highest BCUT2D eigenvalue weighted by molar-refractivity contribution is 6.54. The molecule has 1 aromatic carbocycles. The van der Waals surface area contributed by atoms with Crippen molar-refractivity contribution < 1.29 is 10.2 Å². The fourth-order valence-electron chi connectivity index (χ4n) is 1.86. The first-order valence-electron chi connectivity index (χ1n) is 5.61. The molecule has 92 valence electrons. The second-order valence-corrected chi connectivity index (χ2v) is 4.27. The molecule has 8 radical (unpaired) electrons. The van der Waals surface area contributed by atoms with Crippen molar-refractivity contribution >= 4 is 53.2 Å². The highest BCUT2D eigenvalue weighted by atomic mass is 16.3. The lowest BCUT2D eigenvalue weighted by Crippen LogP contribution is -2.34. The summed E-state index contributed by atoms with van der Waals surface area (Å²) < 4.78 is 0. The number of phenolic OH excluding ortho intramolecular Hbond substituents is 1. The summed E-state index contributed by atoms with van der Waals surface area (Å²) >= 11 is 0. The average molecular weight is 267 g/mol. The average Bonchev–Trinajstić information content (AvgIpc) is 2.45. The highest BCUT2D eigenvalue weighted by Gasteiger charge is 2.17. The van der Waals surface area contributed by atoms with E-state index < -0.39 is 22.6 Å². The molecule has 0 aliphatic heterocycles. The summed E-state index contributed by atoms with van der Waals surface area (Å²) in [5.41, 5.74) is -1.90. The largest absolute Gasteiger partial charge is 0.509 e. The number of aromatic hydroxyl groups is 2. The third kappa shape index (κ3) is 2.23. The van der Waals surface area contributed by atoms with Crippen molar-refractivity contribution in [1.29, 1.82) is 5.26 Å². The van der Waals surface area contributed by atoms with Gasteiger partial charge in [0.1, 0.15) is 49.0 Å². The van der Waals surface area contributed by atoms with Gasteiger partial charge in [0, 0.05) is 5.69 Å². The number of hydrogen-bond acceptors (Lipinski definition) is 4. The summed E-state index contributed by atoms with van der Waals surface area (Å²) in [4.78, 5) is 14.1. The Balaban J connectivity index is 2.88. The van der Waals surface area contributed by atoms with Gasteiger partial charge in [-0.15, -0.1) is 0 Å². The Kier molecular flexibility index (Phi) is 3.65. The van der Waals surface area contributed by atoms with E-state index in [0.717, 1.165) is 0 Å². The van der Waals surface area contributed by atoms with Crippen LogP contribution in [0.3, 0.4) is 0 Å². The number of benzene rings is 1. The van der Waals surface area contributed by atoms with Gasteiger partial charge in [-0.3, -0.25) is 4.79 Å². The van der Waals surface area contributed by atoms with Gasteiger partial charge in [-0.05, 0) is 11.0 Å². The zero-order valence-corrected chi connectivity index (χ0v) is 10.6. The van der Waals surface area contributed by atoms with E-state index in [9.17, 15) is 15.0 Å². The van der Waals surface area contributed by atoms with Gasteiger partial charge in [0.15, 0.2) is 5.56 Å². The van der Waals surface area contributed by atoms with Crippen LogP contribution in [0, 0.1) is 11.3 Å². The van der Waals surface area contributed by atoms with Crippen molar-refractivity contribution in [3.63, 3.8) is 0 Å². The van der Waals surface area contributed by atoms with Crippen LogP contribution in [0.1, 0.15) is 5.56 Å². The number of aromatic nitrogens is 1. The van der Waals surface area contributed by atoms with Crippen molar-refractivity contribution in [1.82, 2.24) is 4.98 Å². The number of phenols is 1. The number of aromatic amines is 1. The van der Waals surface area contributed by atoms with Crippen molar-refractivity contribution in [2.45, 2.75) is 0 Å². The first-order chi connectivity index (χ1) is 9.79. The molecular formula is C12H4B4N2O3. The van der Waals surface area contributed by atoms with Gasteiger partial charge in [-0.2, -0.15) is 5.26 Å². The summed E-state index contributed by atoms with van der Waals surface area (Å²) in [6.07, 6.45) is 0. The van der Waals surface area contributed by atoms with Gasteiger partial charge >= 0.3 is 0 Å². The Bertz CT molecular complexity index is 855. The van der Waals surface area contributed by atoms with Crippen molar-refractivity contribution in [2.75, 3.05) is 0 Å². The van der Waals surface area contributed by atoms with Gasteiger partial charge in [-0.1, -0.05) is 22.5 Å². The molecule has 0 saturated heterocycles. The number of nitrogens with zero attached hydrogens (tertiary/aromatic N) is 1. The van der Waals surface area contributed by atoms with Gasteiger partial charge in [0.25, 0.3) is 5.56 Å². The maximum Gasteiger partial charge on any atom is 0.270 e. The SMILES string of the molecule is [B]c1cc(-c2[nH]c(=O)c(C#N)c(O)c2[B])c([B])c([B])c1O. The Morgan fingerprint density at radius 1 is 1.05 bits per heavy atom. The summed E-state index contributed by atoms with van der Waals surface area (Å²) in [7, 11) is 22.6. The lowest BCUT2D eigenvalue weighted by molar-refractivity contribution is 0.476. The predicted octanol–water partition coefficient (Wildman–Crippen LogP) is -3.50. The quantitative estimate of drug-likeness (QED) is 0.467. The van der Waals surface area contributed by atoms with Crippen LogP contribution in [-0.2, 0) is 0 Å². The van der Waals surface area contributed by atoms with Crippen LogP contribution in [-0.4, -0.2) is 46.6 Å². The minimum absolute atomic E-state index is 0.0487. The molecule has 0 fully saturated rings. The number of hydrogen-bond donors (Lipinski definition) is 3. The molecule has 1 heterocycles. The molecule has 1 aromatic heterocycles. The van der Waals surface area contributed by atoms with Crippen LogP contribution < -0.4 is 27.4 Å². The minimum Gasteiger partial charge on any atom is -0.509 e.